The summed E-state index contributed by atoms with van der Waals surface area (Å²) in [7, 11) is 3.77. The molecule has 4 rings (SSSR count). The lowest BCUT2D eigenvalue weighted by Gasteiger charge is -2.16. The largest absolute Gasteiger partial charge is 0.361 e. The molecule has 2 aliphatic rings. The fourth-order valence-electron chi connectivity index (χ4n) is 3.63. The van der Waals surface area contributed by atoms with Crippen molar-refractivity contribution in [3.63, 3.8) is 0 Å². The van der Waals surface area contributed by atoms with E-state index in [1.807, 2.05) is 19.0 Å². The summed E-state index contributed by atoms with van der Waals surface area (Å²) in [5, 5.41) is 5.95. The maximum absolute atomic E-state index is 12.3. The fraction of sp³-hybridized carbons (Fsp3) is 0.353. The van der Waals surface area contributed by atoms with Gasteiger partial charge in [0.25, 0.3) is 0 Å². The van der Waals surface area contributed by atoms with E-state index >= 15 is 0 Å². The van der Waals surface area contributed by atoms with E-state index in [2.05, 4.69) is 44.9 Å². The molecule has 6 nitrogen and oxygen atoms in total. The molecular weight excluding hydrogens is 290 g/mol. The summed E-state index contributed by atoms with van der Waals surface area (Å²) in [4.78, 5) is 22.3. The minimum absolute atomic E-state index is 0.195. The summed E-state index contributed by atoms with van der Waals surface area (Å²) in [6, 6.07) is 8.55. The summed E-state index contributed by atoms with van der Waals surface area (Å²) in [6.45, 7) is 0. The first-order valence-electron chi connectivity index (χ1n) is 7.78. The smallest absolute Gasteiger partial charge is 0.319 e. The average molecular weight is 309 g/mol. The van der Waals surface area contributed by atoms with Crippen molar-refractivity contribution < 1.29 is 4.79 Å². The lowest BCUT2D eigenvalue weighted by atomic mass is 10.1. The van der Waals surface area contributed by atoms with Crippen LogP contribution in [0.5, 0.6) is 0 Å². The van der Waals surface area contributed by atoms with Crippen molar-refractivity contribution in [1.82, 2.24) is 15.3 Å². The van der Waals surface area contributed by atoms with E-state index < -0.39 is 0 Å². The Hall–Kier alpha value is -2.63. The number of fused-ring (bicyclic) bond motifs is 3. The molecule has 1 fully saturated rings. The van der Waals surface area contributed by atoms with Gasteiger partial charge in [0, 0.05) is 26.1 Å². The zero-order valence-electron chi connectivity index (χ0n) is 13.2. The van der Waals surface area contributed by atoms with E-state index in [9.17, 15) is 4.79 Å². The highest BCUT2D eigenvalue weighted by molar-refractivity contribution is 5.92. The van der Waals surface area contributed by atoms with Crippen LogP contribution in [0.3, 0.4) is 0 Å². The summed E-state index contributed by atoms with van der Waals surface area (Å²) >= 11 is 0. The Kier molecular flexibility index (Phi) is 3.18. The molecule has 3 atom stereocenters. The van der Waals surface area contributed by atoms with E-state index in [0.717, 1.165) is 6.42 Å². The molecule has 6 heteroatoms. The minimum atomic E-state index is -0.195. The number of hydrogen-bond donors (Lipinski definition) is 2. The van der Waals surface area contributed by atoms with Gasteiger partial charge in [0.2, 0.25) is 0 Å². The van der Waals surface area contributed by atoms with Crippen LogP contribution < -0.4 is 15.5 Å². The van der Waals surface area contributed by atoms with E-state index in [0.29, 0.717) is 23.3 Å². The Morgan fingerprint density at radius 1 is 1.30 bits per heavy atom. The highest BCUT2D eigenvalue weighted by Crippen LogP contribution is 2.56. The molecule has 0 unspecified atom stereocenters. The molecule has 1 aromatic heterocycles. The van der Waals surface area contributed by atoms with Crippen LogP contribution in [-0.2, 0) is 6.42 Å². The second kappa shape index (κ2) is 5.22. The van der Waals surface area contributed by atoms with E-state index in [4.69, 9.17) is 0 Å². The van der Waals surface area contributed by atoms with Crippen molar-refractivity contribution in [1.29, 1.82) is 0 Å². The monoisotopic (exact) mass is 309 g/mol. The topological polar surface area (TPSA) is 70.2 Å². The number of carbonyl (C=O) groups is 1. The third kappa shape index (κ3) is 2.40. The molecule has 0 aliphatic heterocycles. The van der Waals surface area contributed by atoms with Crippen molar-refractivity contribution in [2.24, 2.45) is 5.92 Å². The van der Waals surface area contributed by atoms with Crippen LogP contribution in [0.25, 0.3) is 0 Å². The summed E-state index contributed by atoms with van der Waals surface area (Å²) in [5.41, 5.74) is 3.42. The maximum Gasteiger partial charge on any atom is 0.319 e. The normalized spacial score (nSPS) is 23.7. The van der Waals surface area contributed by atoms with Crippen LogP contribution in [0.15, 0.2) is 36.8 Å². The van der Waals surface area contributed by atoms with E-state index in [-0.39, 0.29) is 12.1 Å². The van der Waals surface area contributed by atoms with Crippen LogP contribution in [-0.4, -0.2) is 36.1 Å². The van der Waals surface area contributed by atoms with E-state index in [1.165, 1.54) is 17.5 Å². The van der Waals surface area contributed by atoms with Gasteiger partial charge in [-0.25, -0.2) is 14.8 Å². The van der Waals surface area contributed by atoms with Crippen molar-refractivity contribution >= 4 is 17.5 Å². The number of hydrogen-bond acceptors (Lipinski definition) is 4. The van der Waals surface area contributed by atoms with Gasteiger partial charge in [0.1, 0.15) is 12.0 Å². The third-order valence-corrected chi connectivity index (χ3v) is 4.70. The lowest BCUT2D eigenvalue weighted by Crippen LogP contribution is -2.33. The van der Waals surface area contributed by atoms with Crippen molar-refractivity contribution in [3.8, 4) is 0 Å². The molecule has 2 aliphatic carbocycles. The molecule has 2 amide bonds. The van der Waals surface area contributed by atoms with Gasteiger partial charge in [-0.15, -0.1) is 0 Å². The molecule has 1 saturated carbocycles. The number of benzene rings is 1. The predicted octanol–water partition coefficient (Wildman–Crippen LogP) is 2.00. The van der Waals surface area contributed by atoms with Gasteiger partial charge in [0.15, 0.2) is 5.82 Å². The molecule has 0 saturated heterocycles. The molecule has 23 heavy (non-hydrogen) atoms. The Balaban J connectivity index is 1.42. The third-order valence-electron chi connectivity index (χ3n) is 4.70. The zero-order chi connectivity index (χ0) is 16.0. The van der Waals surface area contributed by atoms with Gasteiger partial charge in [-0.05, 0) is 23.5 Å². The number of urea groups is 1. The van der Waals surface area contributed by atoms with Gasteiger partial charge < -0.3 is 15.5 Å². The second-order valence-electron chi connectivity index (χ2n) is 6.37. The SMILES string of the molecule is CN(C)c1ncncc1NC(=O)N[C@@H]1[C@H]2Cc3ccccc3[C@H]21. The van der Waals surface area contributed by atoms with Crippen molar-refractivity contribution in [3.05, 3.63) is 47.9 Å². The van der Waals surface area contributed by atoms with Gasteiger partial charge in [0.05, 0.1) is 6.20 Å². The van der Waals surface area contributed by atoms with Crippen LogP contribution in [0.4, 0.5) is 16.3 Å². The highest BCUT2D eigenvalue weighted by atomic mass is 16.2. The van der Waals surface area contributed by atoms with Crippen molar-refractivity contribution in [2.45, 2.75) is 18.4 Å². The zero-order valence-corrected chi connectivity index (χ0v) is 13.2. The first-order chi connectivity index (χ1) is 11.1. The molecule has 2 aromatic rings. The first-order valence-corrected chi connectivity index (χ1v) is 7.78. The molecule has 1 heterocycles. The summed E-state index contributed by atoms with van der Waals surface area (Å²) in [5.74, 6) is 1.70. The molecule has 118 valence electrons. The molecule has 1 aromatic carbocycles. The quantitative estimate of drug-likeness (QED) is 0.910. The number of rotatable bonds is 3. The fourth-order valence-corrected chi connectivity index (χ4v) is 3.63. The maximum atomic E-state index is 12.3. The second-order valence-corrected chi connectivity index (χ2v) is 6.37. The van der Waals surface area contributed by atoms with E-state index in [1.54, 1.807) is 6.20 Å². The molecule has 0 radical (unpaired) electrons. The Bertz CT molecular complexity index is 760. The number of aromatic nitrogens is 2. The molecular formula is C17H19N5O. The molecule has 2 N–H and O–H groups in total. The Labute approximate surface area is 134 Å². The van der Waals surface area contributed by atoms with Crippen molar-refractivity contribution in [2.75, 3.05) is 24.3 Å². The van der Waals surface area contributed by atoms with Gasteiger partial charge in [-0.1, -0.05) is 24.3 Å². The summed E-state index contributed by atoms with van der Waals surface area (Å²) in [6.07, 6.45) is 4.15. The minimum Gasteiger partial charge on any atom is -0.361 e. The molecule has 0 bridgehead atoms. The Morgan fingerprint density at radius 2 is 2.13 bits per heavy atom. The standard InChI is InChI=1S/C17H19N5O/c1-22(2)16-13(8-18-9-19-16)20-17(23)21-15-12-7-10-5-3-4-6-11(10)14(12)15/h3-6,8-9,12,14-15H,7H2,1-2H3,(H2,20,21,23)/t12-,14+,15+/m0/s1. The average Bonchev–Trinajstić information content (AvgIpc) is 3.04. The number of amides is 2. The number of anilines is 2. The van der Waals surface area contributed by atoms with Crippen LogP contribution in [0, 0.1) is 5.92 Å². The first kappa shape index (κ1) is 14.0. The van der Waals surface area contributed by atoms with Crippen LogP contribution in [0.2, 0.25) is 0 Å². The molecule has 0 spiro atoms. The number of nitrogens with one attached hydrogen (secondary N) is 2. The lowest BCUT2D eigenvalue weighted by molar-refractivity contribution is 0.251. The predicted molar refractivity (Wildman–Crippen MR) is 88.7 cm³/mol. The Morgan fingerprint density at radius 3 is 2.96 bits per heavy atom. The number of nitrogens with zero attached hydrogens (tertiary/aromatic N) is 3. The van der Waals surface area contributed by atoms with Gasteiger partial charge in [-0.2, -0.15) is 0 Å². The van der Waals surface area contributed by atoms with Crippen LogP contribution >= 0.6 is 0 Å². The van der Waals surface area contributed by atoms with Gasteiger partial charge in [-0.3, -0.25) is 0 Å². The highest BCUT2D eigenvalue weighted by Gasteiger charge is 2.56. The number of carbonyl (C=O) groups excluding carboxylic acids is 1. The summed E-state index contributed by atoms with van der Waals surface area (Å²) < 4.78 is 0. The van der Waals surface area contributed by atoms with Gasteiger partial charge >= 0.3 is 6.03 Å². The van der Waals surface area contributed by atoms with Crippen LogP contribution in [0.1, 0.15) is 17.0 Å².